The molecule has 0 bridgehead atoms. The monoisotopic (exact) mass is 539 g/mol. The summed E-state index contributed by atoms with van der Waals surface area (Å²) in [5.74, 6) is 1.65. The molecule has 1 atom stereocenters. The van der Waals surface area contributed by atoms with Crippen LogP contribution in [0.4, 0.5) is 0 Å². The number of nitrogens with one attached hydrogen (secondary N) is 1. The molecule has 1 aliphatic carbocycles. The van der Waals surface area contributed by atoms with Crippen LogP contribution >= 0.6 is 0 Å². The number of aliphatic hydroxyl groups excluding tert-OH is 1. The van der Waals surface area contributed by atoms with Gasteiger partial charge in [-0.2, -0.15) is 0 Å². The Morgan fingerprint density at radius 3 is 2.48 bits per heavy atom. The molecule has 3 fully saturated rings. The highest BCUT2D eigenvalue weighted by Gasteiger charge is 2.50. The van der Waals surface area contributed by atoms with Crippen LogP contribution < -0.4 is 0 Å². The maximum absolute atomic E-state index is 14.1. The number of aromatic nitrogens is 1. The normalized spacial score (nSPS) is 23.0. The number of benzene rings is 2. The van der Waals surface area contributed by atoms with Gasteiger partial charge in [-0.05, 0) is 72.7 Å². The second-order valence-corrected chi connectivity index (χ2v) is 12.0. The quantitative estimate of drug-likeness (QED) is 0.481. The molecule has 0 radical (unpaired) electrons. The molecule has 8 heteroatoms. The van der Waals surface area contributed by atoms with Gasteiger partial charge in [0.15, 0.2) is 0 Å². The standard InChI is InChI=1S/C32H37N5O3/c38-18-17-35-15-11-32(12-16-35)31(40)37(21-22-10-14-36(20-22)30(39)25-5-6-25)29(34-32)24-3-1-23(2-4-24)26-7-8-28-27(19-26)9-13-33-28/h1-4,7-9,13,19,22,25,33,38H,5-6,10-12,14-18,20-21H2. The molecule has 7 rings (SSSR count). The smallest absolute Gasteiger partial charge is 0.256 e. The maximum atomic E-state index is 14.1. The number of hydrogen-bond donors (Lipinski definition) is 2. The topological polar surface area (TPSA) is 92.2 Å². The highest BCUT2D eigenvalue weighted by molar-refractivity contribution is 6.15. The number of piperidine rings is 1. The zero-order valence-corrected chi connectivity index (χ0v) is 22.9. The van der Waals surface area contributed by atoms with Gasteiger partial charge in [-0.3, -0.25) is 19.5 Å². The molecule has 1 saturated carbocycles. The average Bonchev–Trinajstić information content (AvgIpc) is 3.44. The van der Waals surface area contributed by atoms with Gasteiger partial charge in [-0.1, -0.05) is 30.3 Å². The van der Waals surface area contributed by atoms with Crippen LogP contribution in [0.5, 0.6) is 0 Å². The highest BCUT2D eigenvalue weighted by atomic mass is 16.3. The van der Waals surface area contributed by atoms with Crippen LogP contribution in [0, 0.1) is 11.8 Å². The molecule has 2 amide bonds. The van der Waals surface area contributed by atoms with Crippen LogP contribution in [0.2, 0.25) is 0 Å². The molecular weight excluding hydrogens is 502 g/mol. The van der Waals surface area contributed by atoms with E-state index in [1.807, 2.05) is 16.0 Å². The van der Waals surface area contributed by atoms with Gasteiger partial charge in [0.05, 0.1) is 6.61 Å². The van der Waals surface area contributed by atoms with Crippen molar-refractivity contribution in [1.82, 2.24) is 19.7 Å². The Morgan fingerprint density at radius 1 is 0.975 bits per heavy atom. The van der Waals surface area contributed by atoms with Gasteiger partial charge in [0.2, 0.25) is 5.91 Å². The molecule has 2 saturated heterocycles. The van der Waals surface area contributed by atoms with Crippen molar-refractivity contribution in [2.45, 2.75) is 37.6 Å². The number of likely N-dealkylation sites (tertiary alicyclic amines) is 2. The molecule has 3 aliphatic heterocycles. The van der Waals surface area contributed by atoms with E-state index in [4.69, 9.17) is 4.99 Å². The number of amides is 2. The number of β-amino-alcohol motifs (C(OH)–C–C–N with tert-alkyl or cyclic N) is 1. The number of hydrogen-bond acceptors (Lipinski definition) is 5. The number of aromatic amines is 1. The molecule has 4 aliphatic rings. The van der Waals surface area contributed by atoms with Crippen LogP contribution in [0.3, 0.4) is 0 Å². The van der Waals surface area contributed by atoms with Crippen molar-refractivity contribution in [1.29, 1.82) is 0 Å². The van der Waals surface area contributed by atoms with E-state index < -0.39 is 5.54 Å². The number of carbonyl (C=O) groups is 2. The first-order chi connectivity index (χ1) is 19.5. The van der Waals surface area contributed by atoms with Crippen LogP contribution in [0.15, 0.2) is 59.7 Å². The molecule has 1 spiro atoms. The number of nitrogens with zero attached hydrogens (tertiary/aromatic N) is 4. The van der Waals surface area contributed by atoms with E-state index in [1.54, 1.807) is 0 Å². The van der Waals surface area contributed by atoms with Crippen molar-refractivity contribution in [3.8, 4) is 11.1 Å². The molecular formula is C32H37N5O3. The summed E-state index contributed by atoms with van der Waals surface area (Å²) in [4.78, 5) is 41.4. The van der Waals surface area contributed by atoms with Crippen LogP contribution in [0.25, 0.3) is 22.0 Å². The summed E-state index contributed by atoms with van der Waals surface area (Å²) in [5.41, 5.74) is 3.62. The third-order valence-corrected chi connectivity index (χ3v) is 9.31. The number of amidine groups is 1. The van der Waals surface area contributed by atoms with Gasteiger partial charge in [0, 0.05) is 62.5 Å². The Labute approximate surface area is 234 Å². The van der Waals surface area contributed by atoms with E-state index in [0.717, 1.165) is 73.5 Å². The van der Waals surface area contributed by atoms with Crippen molar-refractivity contribution >= 4 is 28.6 Å². The fourth-order valence-corrected chi connectivity index (χ4v) is 6.73. The first kappa shape index (κ1) is 25.5. The van der Waals surface area contributed by atoms with E-state index in [9.17, 15) is 14.7 Å². The second kappa shape index (κ2) is 10.2. The van der Waals surface area contributed by atoms with Gasteiger partial charge in [0.25, 0.3) is 5.91 Å². The number of rotatable bonds is 7. The van der Waals surface area contributed by atoms with E-state index in [1.165, 1.54) is 5.39 Å². The summed E-state index contributed by atoms with van der Waals surface area (Å²) in [7, 11) is 0. The van der Waals surface area contributed by atoms with Crippen LogP contribution in [0.1, 0.15) is 37.7 Å². The van der Waals surface area contributed by atoms with Crippen LogP contribution in [-0.4, -0.2) is 93.9 Å². The number of H-pyrrole nitrogens is 1. The fraction of sp³-hybridized carbons (Fsp3) is 0.469. The van der Waals surface area contributed by atoms with Gasteiger partial charge < -0.3 is 19.9 Å². The summed E-state index contributed by atoms with van der Waals surface area (Å²) in [6, 6.07) is 16.9. The molecule has 8 nitrogen and oxygen atoms in total. The lowest BCUT2D eigenvalue weighted by Gasteiger charge is -2.36. The second-order valence-electron chi connectivity index (χ2n) is 12.0. The van der Waals surface area contributed by atoms with Crippen molar-refractivity contribution in [3.63, 3.8) is 0 Å². The fourth-order valence-electron chi connectivity index (χ4n) is 6.73. The first-order valence-corrected chi connectivity index (χ1v) is 14.7. The van der Waals surface area contributed by atoms with Crippen molar-refractivity contribution in [3.05, 3.63) is 60.3 Å². The molecule has 2 N–H and O–H groups in total. The zero-order chi connectivity index (χ0) is 27.3. The lowest BCUT2D eigenvalue weighted by Crippen LogP contribution is -2.51. The molecule has 1 aromatic heterocycles. The van der Waals surface area contributed by atoms with Gasteiger partial charge in [-0.15, -0.1) is 0 Å². The third-order valence-electron chi connectivity index (χ3n) is 9.31. The minimum absolute atomic E-state index is 0.0973. The Balaban J connectivity index is 1.15. The Hall–Kier alpha value is -3.49. The van der Waals surface area contributed by atoms with Gasteiger partial charge in [0.1, 0.15) is 11.4 Å². The van der Waals surface area contributed by atoms with Crippen molar-refractivity contribution in [2.75, 3.05) is 45.9 Å². The molecule has 208 valence electrons. The van der Waals surface area contributed by atoms with Gasteiger partial charge >= 0.3 is 0 Å². The van der Waals surface area contributed by atoms with E-state index in [2.05, 4.69) is 58.4 Å². The Kier molecular flexibility index (Phi) is 6.47. The highest BCUT2D eigenvalue weighted by Crippen LogP contribution is 2.37. The maximum Gasteiger partial charge on any atom is 0.256 e. The first-order valence-electron chi connectivity index (χ1n) is 14.7. The average molecular weight is 540 g/mol. The largest absolute Gasteiger partial charge is 0.395 e. The summed E-state index contributed by atoms with van der Waals surface area (Å²) in [5, 5.41) is 10.6. The van der Waals surface area contributed by atoms with E-state index in [0.29, 0.717) is 31.8 Å². The van der Waals surface area contributed by atoms with E-state index >= 15 is 0 Å². The molecule has 1 unspecified atom stereocenters. The van der Waals surface area contributed by atoms with Crippen LogP contribution in [-0.2, 0) is 9.59 Å². The number of fused-ring (bicyclic) bond motifs is 1. The lowest BCUT2D eigenvalue weighted by molar-refractivity contribution is -0.133. The third kappa shape index (κ3) is 4.63. The Morgan fingerprint density at radius 2 is 1.73 bits per heavy atom. The number of aliphatic hydroxyl groups is 1. The summed E-state index contributed by atoms with van der Waals surface area (Å²) in [6.07, 6.45) is 6.25. The molecule has 3 aromatic rings. The predicted octanol–water partition coefficient (Wildman–Crippen LogP) is 3.51. The molecule has 2 aromatic carbocycles. The molecule has 40 heavy (non-hydrogen) atoms. The Bertz CT molecular complexity index is 1450. The van der Waals surface area contributed by atoms with Gasteiger partial charge in [-0.25, -0.2) is 0 Å². The lowest BCUT2D eigenvalue weighted by atomic mass is 9.87. The predicted molar refractivity (Wildman–Crippen MR) is 155 cm³/mol. The zero-order valence-electron chi connectivity index (χ0n) is 22.9. The summed E-state index contributed by atoms with van der Waals surface area (Å²) in [6.45, 7) is 4.38. The van der Waals surface area contributed by atoms with Crippen molar-refractivity contribution in [2.24, 2.45) is 16.8 Å². The number of carbonyl (C=O) groups excluding carboxylic acids is 2. The number of aliphatic imine (C=N–C) groups is 1. The van der Waals surface area contributed by atoms with Crippen molar-refractivity contribution < 1.29 is 14.7 Å². The minimum Gasteiger partial charge on any atom is -0.395 e. The molecule has 4 heterocycles. The summed E-state index contributed by atoms with van der Waals surface area (Å²) >= 11 is 0. The minimum atomic E-state index is -0.735. The SMILES string of the molecule is O=C(C1CC1)N1CCC(CN2C(=O)C3(CCN(CCO)CC3)N=C2c2ccc(-c3ccc4[nH]ccc4c3)cc2)C1. The van der Waals surface area contributed by atoms with E-state index in [-0.39, 0.29) is 24.3 Å². The summed E-state index contributed by atoms with van der Waals surface area (Å²) < 4.78 is 0.